The first-order chi connectivity index (χ1) is 11.7. The van der Waals surface area contributed by atoms with E-state index >= 15 is 0 Å². The molecule has 0 spiro atoms. The van der Waals surface area contributed by atoms with Crippen molar-refractivity contribution in [2.75, 3.05) is 0 Å². The van der Waals surface area contributed by atoms with Crippen molar-refractivity contribution in [3.63, 3.8) is 0 Å². The topological polar surface area (TPSA) is 33.1 Å². The maximum atomic E-state index is 14.4. The minimum absolute atomic E-state index is 0.179. The number of halogens is 1. The first-order valence-electron chi connectivity index (χ1n) is 7.95. The summed E-state index contributed by atoms with van der Waals surface area (Å²) in [7, 11) is 0. The summed E-state index contributed by atoms with van der Waals surface area (Å²) in [4.78, 5) is 4.49. The molecule has 0 bridgehead atoms. The number of pyridine rings is 1. The monoisotopic (exact) mass is 317 g/mol. The van der Waals surface area contributed by atoms with Crippen LogP contribution >= 0.6 is 0 Å². The van der Waals surface area contributed by atoms with Gasteiger partial charge in [0.05, 0.1) is 0 Å². The van der Waals surface area contributed by atoms with E-state index in [0.717, 1.165) is 33.5 Å². The number of nitrogens with zero attached hydrogens (tertiary/aromatic N) is 1. The molecule has 1 aromatic heterocycles. The average molecular weight is 317 g/mol. The van der Waals surface area contributed by atoms with E-state index in [2.05, 4.69) is 4.98 Å². The Balaban J connectivity index is 1.99. The maximum Gasteiger partial charge on any atom is 0.127 e. The number of aromatic hydroxyl groups is 1. The SMILES string of the molecule is Oc1cccc(C=C2c3cccnc3CCc3c(F)cccc32)c1. The van der Waals surface area contributed by atoms with E-state index in [1.165, 1.54) is 6.07 Å². The third-order valence-electron chi connectivity index (χ3n) is 4.38. The van der Waals surface area contributed by atoms with Crippen LogP contribution in [0.1, 0.15) is 27.9 Å². The van der Waals surface area contributed by atoms with Crippen molar-refractivity contribution in [2.45, 2.75) is 12.8 Å². The summed E-state index contributed by atoms with van der Waals surface area (Å²) in [6.07, 6.45) is 5.10. The van der Waals surface area contributed by atoms with Crippen molar-refractivity contribution >= 4 is 11.6 Å². The average Bonchev–Trinajstić information content (AvgIpc) is 2.74. The van der Waals surface area contributed by atoms with Gasteiger partial charge in [0, 0.05) is 17.5 Å². The molecular formula is C21H16FNO. The van der Waals surface area contributed by atoms with E-state index < -0.39 is 0 Å². The molecule has 0 saturated carbocycles. The van der Waals surface area contributed by atoms with Crippen LogP contribution in [0.15, 0.2) is 60.8 Å². The van der Waals surface area contributed by atoms with Crippen LogP contribution in [-0.4, -0.2) is 10.1 Å². The van der Waals surface area contributed by atoms with Crippen LogP contribution in [0.5, 0.6) is 5.75 Å². The molecule has 4 rings (SSSR count). The fourth-order valence-electron chi connectivity index (χ4n) is 3.27. The van der Waals surface area contributed by atoms with Crippen LogP contribution in [0.25, 0.3) is 11.6 Å². The van der Waals surface area contributed by atoms with Crippen LogP contribution in [0.4, 0.5) is 4.39 Å². The van der Waals surface area contributed by atoms with Crippen molar-refractivity contribution in [1.29, 1.82) is 0 Å². The summed E-state index contributed by atoms with van der Waals surface area (Å²) < 4.78 is 14.4. The molecule has 2 aromatic carbocycles. The minimum atomic E-state index is -0.179. The Kier molecular flexibility index (Phi) is 3.62. The standard InChI is InChI=1S/C21H16FNO/c22-20-8-2-6-16-17(20)9-10-21-18(7-3-11-23-21)19(16)13-14-4-1-5-15(24)12-14/h1-8,11-13,24H,9-10H2. The van der Waals surface area contributed by atoms with E-state index in [9.17, 15) is 9.50 Å². The Bertz CT molecular complexity index is 946. The van der Waals surface area contributed by atoms with Crippen LogP contribution in [0, 0.1) is 5.82 Å². The Morgan fingerprint density at radius 2 is 1.79 bits per heavy atom. The van der Waals surface area contributed by atoms with Crippen molar-refractivity contribution in [1.82, 2.24) is 4.98 Å². The zero-order chi connectivity index (χ0) is 16.5. The lowest BCUT2D eigenvalue weighted by Crippen LogP contribution is -1.96. The van der Waals surface area contributed by atoms with E-state index in [-0.39, 0.29) is 11.6 Å². The molecule has 118 valence electrons. The van der Waals surface area contributed by atoms with Gasteiger partial charge in [-0.1, -0.05) is 30.3 Å². The molecule has 0 amide bonds. The number of phenolic OH excluding ortho intramolecular Hbond substituents is 1. The molecule has 1 aliphatic carbocycles. The second-order valence-electron chi connectivity index (χ2n) is 5.92. The summed E-state index contributed by atoms with van der Waals surface area (Å²) in [5.74, 6) is 0.0333. The van der Waals surface area contributed by atoms with Crippen molar-refractivity contribution in [2.24, 2.45) is 0 Å². The van der Waals surface area contributed by atoms with Gasteiger partial charge in [-0.3, -0.25) is 4.98 Å². The fraction of sp³-hybridized carbons (Fsp3) is 0.0952. The molecule has 3 heteroatoms. The summed E-state index contributed by atoms with van der Waals surface area (Å²) in [5.41, 5.74) is 5.42. The summed E-state index contributed by atoms with van der Waals surface area (Å²) >= 11 is 0. The second kappa shape index (κ2) is 5.93. The first kappa shape index (κ1) is 14.6. The zero-order valence-electron chi connectivity index (χ0n) is 13.0. The van der Waals surface area contributed by atoms with Crippen LogP contribution in [0.3, 0.4) is 0 Å². The van der Waals surface area contributed by atoms with Gasteiger partial charge >= 0.3 is 0 Å². The summed E-state index contributed by atoms with van der Waals surface area (Å²) in [6, 6.07) is 16.2. The highest BCUT2D eigenvalue weighted by atomic mass is 19.1. The molecule has 0 aliphatic heterocycles. The predicted octanol–water partition coefficient (Wildman–Crippen LogP) is 4.61. The molecule has 0 atom stereocenters. The normalized spacial score (nSPS) is 14.8. The second-order valence-corrected chi connectivity index (χ2v) is 5.92. The van der Waals surface area contributed by atoms with Crippen LogP contribution in [-0.2, 0) is 12.8 Å². The Morgan fingerprint density at radius 3 is 2.67 bits per heavy atom. The molecule has 1 N–H and O–H groups in total. The van der Waals surface area contributed by atoms with Gasteiger partial charge in [-0.15, -0.1) is 0 Å². The van der Waals surface area contributed by atoms with Gasteiger partial charge in [0.1, 0.15) is 11.6 Å². The van der Waals surface area contributed by atoms with Gasteiger partial charge in [-0.2, -0.15) is 0 Å². The largest absolute Gasteiger partial charge is 0.508 e. The van der Waals surface area contributed by atoms with Gasteiger partial charge in [0.25, 0.3) is 0 Å². The third kappa shape index (κ3) is 2.58. The highest BCUT2D eigenvalue weighted by Gasteiger charge is 2.21. The molecule has 2 nitrogen and oxygen atoms in total. The van der Waals surface area contributed by atoms with Gasteiger partial charge in [0.15, 0.2) is 0 Å². The lowest BCUT2D eigenvalue weighted by molar-refractivity contribution is 0.475. The number of phenols is 1. The highest BCUT2D eigenvalue weighted by Crippen LogP contribution is 2.35. The number of aromatic nitrogens is 1. The van der Waals surface area contributed by atoms with Gasteiger partial charge in [0.2, 0.25) is 0 Å². The van der Waals surface area contributed by atoms with Gasteiger partial charge in [-0.25, -0.2) is 4.39 Å². The number of aryl methyl sites for hydroxylation is 1. The molecule has 1 aliphatic rings. The number of hydrogen-bond acceptors (Lipinski definition) is 2. The van der Waals surface area contributed by atoms with Gasteiger partial charge < -0.3 is 5.11 Å². The Morgan fingerprint density at radius 1 is 0.958 bits per heavy atom. The van der Waals surface area contributed by atoms with Crippen LogP contribution in [0.2, 0.25) is 0 Å². The first-order valence-corrected chi connectivity index (χ1v) is 7.95. The highest BCUT2D eigenvalue weighted by molar-refractivity contribution is 5.93. The van der Waals surface area contributed by atoms with E-state index in [1.807, 2.05) is 30.3 Å². The molecule has 0 saturated heterocycles. The smallest absolute Gasteiger partial charge is 0.127 e. The quantitative estimate of drug-likeness (QED) is 0.711. The molecular weight excluding hydrogens is 301 g/mol. The Labute approximate surface area is 139 Å². The van der Waals surface area contributed by atoms with Crippen molar-refractivity contribution in [3.05, 3.63) is 94.6 Å². The lowest BCUT2D eigenvalue weighted by atomic mass is 9.93. The Hall–Kier alpha value is -2.94. The zero-order valence-corrected chi connectivity index (χ0v) is 13.0. The molecule has 3 aromatic rings. The number of benzene rings is 2. The molecule has 0 unspecified atom stereocenters. The van der Waals surface area contributed by atoms with Gasteiger partial charge in [-0.05, 0) is 65.4 Å². The fourth-order valence-corrected chi connectivity index (χ4v) is 3.27. The summed E-state index contributed by atoms with van der Waals surface area (Å²) in [6.45, 7) is 0. The number of rotatable bonds is 1. The number of hydrogen-bond donors (Lipinski definition) is 1. The molecule has 1 heterocycles. The maximum absolute atomic E-state index is 14.4. The molecule has 0 radical (unpaired) electrons. The van der Waals surface area contributed by atoms with Crippen LogP contribution < -0.4 is 0 Å². The minimum Gasteiger partial charge on any atom is -0.508 e. The lowest BCUT2D eigenvalue weighted by Gasteiger charge is -2.12. The third-order valence-corrected chi connectivity index (χ3v) is 4.38. The number of fused-ring (bicyclic) bond motifs is 2. The van der Waals surface area contributed by atoms with E-state index in [1.54, 1.807) is 30.5 Å². The van der Waals surface area contributed by atoms with E-state index in [0.29, 0.717) is 12.8 Å². The predicted molar refractivity (Wildman–Crippen MR) is 93.1 cm³/mol. The summed E-state index contributed by atoms with van der Waals surface area (Å²) in [5, 5.41) is 9.73. The van der Waals surface area contributed by atoms with Crippen molar-refractivity contribution in [3.8, 4) is 5.75 Å². The molecule has 0 fully saturated rings. The molecule has 24 heavy (non-hydrogen) atoms. The van der Waals surface area contributed by atoms with Crippen molar-refractivity contribution < 1.29 is 9.50 Å². The van der Waals surface area contributed by atoms with E-state index in [4.69, 9.17) is 0 Å².